The van der Waals surface area contributed by atoms with Crippen LogP contribution in [0.2, 0.25) is 5.02 Å². The molecule has 0 saturated heterocycles. The third-order valence-electron chi connectivity index (χ3n) is 7.88. The highest BCUT2D eigenvalue weighted by atomic mass is 35.5. The number of aryl methyl sites for hydroxylation is 1. The summed E-state index contributed by atoms with van der Waals surface area (Å²) in [6.07, 6.45) is 10.3. The summed E-state index contributed by atoms with van der Waals surface area (Å²) in [7, 11) is 1.97. The Labute approximate surface area is 198 Å². The maximum atomic E-state index is 13.6. The predicted molar refractivity (Wildman–Crippen MR) is 131 cm³/mol. The number of hydrogen-bond donors (Lipinski definition) is 0. The zero-order valence-corrected chi connectivity index (χ0v) is 20.2. The van der Waals surface area contributed by atoms with Gasteiger partial charge in [0.25, 0.3) is 5.56 Å². The minimum atomic E-state index is -0.0742. The monoisotopic (exact) mass is 469 g/mol. The lowest BCUT2D eigenvalue weighted by molar-refractivity contribution is -0.133. The van der Waals surface area contributed by atoms with Crippen molar-refractivity contribution in [3.63, 3.8) is 0 Å². The number of nitrogens with zero attached hydrogens (tertiary/aromatic N) is 3. The molecule has 0 radical (unpaired) electrons. The topological polar surface area (TPSA) is 68.3 Å². The van der Waals surface area contributed by atoms with Crippen LogP contribution < -0.4 is 5.56 Å². The Morgan fingerprint density at radius 3 is 2.73 bits per heavy atom. The van der Waals surface area contributed by atoms with Gasteiger partial charge in [0, 0.05) is 30.9 Å². The summed E-state index contributed by atoms with van der Waals surface area (Å²) in [6.45, 7) is 1.77. The Kier molecular flexibility index (Phi) is 6.21. The molecule has 0 N–H and O–H groups in total. The molecule has 0 aliphatic heterocycles. The van der Waals surface area contributed by atoms with E-state index in [0.29, 0.717) is 34.1 Å². The van der Waals surface area contributed by atoms with Gasteiger partial charge in [-0.05, 0) is 57.1 Å². The quantitative estimate of drug-likeness (QED) is 0.468. The van der Waals surface area contributed by atoms with Gasteiger partial charge in [-0.25, -0.2) is 0 Å². The van der Waals surface area contributed by atoms with Gasteiger partial charge in [-0.1, -0.05) is 48.5 Å². The van der Waals surface area contributed by atoms with E-state index in [4.69, 9.17) is 16.1 Å². The zero-order valence-electron chi connectivity index (χ0n) is 19.5. The standard InChI is InChI=1S/C26H32ClN3O3/c1-16-23-25(28-33-16)24-20(27)12-7-13-21(24)30(26(23)32)19-11-6-8-17(14-19)15-22(31)29(2)18-9-4-3-5-10-18/h7,12-13,17-19H,3-6,8-11,14-15H2,1-2H3. The van der Waals surface area contributed by atoms with Crippen LogP contribution in [0.4, 0.5) is 0 Å². The van der Waals surface area contributed by atoms with E-state index in [1.165, 1.54) is 19.3 Å². The van der Waals surface area contributed by atoms with E-state index in [2.05, 4.69) is 5.16 Å². The van der Waals surface area contributed by atoms with Crippen molar-refractivity contribution in [1.82, 2.24) is 14.6 Å². The Balaban J connectivity index is 1.45. The van der Waals surface area contributed by atoms with Gasteiger partial charge in [0.2, 0.25) is 5.91 Å². The van der Waals surface area contributed by atoms with Crippen molar-refractivity contribution in [3.05, 3.63) is 39.3 Å². The molecule has 3 aromatic rings. The van der Waals surface area contributed by atoms with Gasteiger partial charge in [0.1, 0.15) is 16.7 Å². The summed E-state index contributed by atoms with van der Waals surface area (Å²) < 4.78 is 7.28. The van der Waals surface area contributed by atoms with E-state index in [1.54, 1.807) is 6.92 Å². The van der Waals surface area contributed by atoms with Crippen molar-refractivity contribution < 1.29 is 9.32 Å². The average molecular weight is 470 g/mol. The lowest BCUT2D eigenvalue weighted by atomic mass is 9.82. The van der Waals surface area contributed by atoms with Crippen molar-refractivity contribution >= 4 is 39.3 Å². The molecule has 0 spiro atoms. The summed E-state index contributed by atoms with van der Waals surface area (Å²) in [4.78, 5) is 28.7. The molecule has 176 valence electrons. The van der Waals surface area contributed by atoms with Crippen LogP contribution in [-0.2, 0) is 4.79 Å². The summed E-state index contributed by atoms with van der Waals surface area (Å²) in [5.74, 6) is 1.04. The maximum Gasteiger partial charge on any atom is 0.264 e. The average Bonchev–Trinajstić information content (AvgIpc) is 3.21. The molecule has 6 nitrogen and oxygen atoms in total. The van der Waals surface area contributed by atoms with E-state index in [0.717, 1.165) is 49.4 Å². The molecule has 5 rings (SSSR count). The first-order valence-electron chi connectivity index (χ1n) is 12.3. The number of rotatable bonds is 4. The van der Waals surface area contributed by atoms with Crippen LogP contribution in [0.5, 0.6) is 0 Å². The normalized spacial score (nSPS) is 22.2. The van der Waals surface area contributed by atoms with Gasteiger partial charge >= 0.3 is 0 Å². The summed E-state index contributed by atoms with van der Waals surface area (Å²) in [5, 5.41) is 5.99. The lowest BCUT2D eigenvalue weighted by Crippen LogP contribution is -2.39. The number of fused-ring (bicyclic) bond motifs is 3. The second kappa shape index (κ2) is 9.13. The molecule has 1 aromatic carbocycles. The molecule has 2 unspecified atom stereocenters. The third kappa shape index (κ3) is 4.07. The number of hydrogen-bond acceptors (Lipinski definition) is 4. The fraction of sp³-hybridized carbons (Fsp3) is 0.577. The van der Waals surface area contributed by atoms with E-state index < -0.39 is 0 Å². The first kappa shape index (κ1) is 22.5. The Hall–Kier alpha value is -2.34. The maximum absolute atomic E-state index is 13.6. The molecule has 2 atom stereocenters. The zero-order chi connectivity index (χ0) is 23.1. The van der Waals surface area contributed by atoms with Crippen molar-refractivity contribution in [2.24, 2.45) is 5.92 Å². The van der Waals surface area contributed by atoms with Crippen LogP contribution in [0.1, 0.15) is 76.0 Å². The summed E-state index contributed by atoms with van der Waals surface area (Å²) in [5.41, 5.74) is 1.26. The smallest absolute Gasteiger partial charge is 0.264 e. The molecule has 7 heteroatoms. The number of halogens is 1. The number of aromatic nitrogens is 2. The molecular formula is C26H32ClN3O3. The molecule has 2 aliphatic carbocycles. The summed E-state index contributed by atoms with van der Waals surface area (Å²) >= 11 is 6.57. The van der Waals surface area contributed by atoms with Gasteiger partial charge in [0.05, 0.1) is 10.5 Å². The second-order valence-corrected chi connectivity index (χ2v) is 10.4. The SMILES string of the molecule is Cc1onc2c1c(=O)n(C1CCCC(CC(=O)N(C)C3CCCCC3)C1)c1cccc(Cl)c21. The molecule has 2 aromatic heterocycles. The second-order valence-electron chi connectivity index (χ2n) is 9.96. The fourth-order valence-corrected chi connectivity index (χ4v) is 6.34. The minimum absolute atomic E-state index is 0.0312. The largest absolute Gasteiger partial charge is 0.360 e. The fourth-order valence-electron chi connectivity index (χ4n) is 6.08. The van der Waals surface area contributed by atoms with Crippen LogP contribution in [0.15, 0.2) is 27.5 Å². The summed E-state index contributed by atoms with van der Waals surface area (Å²) in [6, 6.07) is 6.06. The van der Waals surface area contributed by atoms with E-state index in [9.17, 15) is 9.59 Å². The number of carbonyl (C=O) groups is 1. The molecule has 0 bridgehead atoms. The number of benzene rings is 1. The molecular weight excluding hydrogens is 438 g/mol. The van der Waals surface area contributed by atoms with Crippen molar-refractivity contribution in [2.75, 3.05) is 7.05 Å². The Morgan fingerprint density at radius 2 is 1.94 bits per heavy atom. The van der Waals surface area contributed by atoms with Crippen molar-refractivity contribution in [2.45, 2.75) is 83.2 Å². The van der Waals surface area contributed by atoms with Gasteiger partial charge in [-0.2, -0.15) is 0 Å². The molecule has 2 fully saturated rings. The van der Waals surface area contributed by atoms with Gasteiger partial charge in [-0.15, -0.1) is 0 Å². The van der Waals surface area contributed by atoms with E-state index in [-0.39, 0.29) is 23.4 Å². The van der Waals surface area contributed by atoms with Crippen LogP contribution >= 0.6 is 11.6 Å². The number of amides is 1. The first-order chi connectivity index (χ1) is 16.0. The van der Waals surface area contributed by atoms with Crippen LogP contribution in [0, 0.1) is 12.8 Å². The highest BCUT2D eigenvalue weighted by molar-refractivity contribution is 6.37. The van der Waals surface area contributed by atoms with Crippen LogP contribution in [0.25, 0.3) is 21.8 Å². The van der Waals surface area contributed by atoms with Crippen LogP contribution in [-0.4, -0.2) is 33.6 Å². The van der Waals surface area contributed by atoms with Crippen molar-refractivity contribution in [1.29, 1.82) is 0 Å². The molecule has 2 saturated carbocycles. The number of pyridine rings is 1. The van der Waals surface area contributed by atoms with E-state index >= 15 is 0 Å². The van der Waals surface area contributed by atoms with Gasteiger partial charge in [0.15, 0.2) is 0 Å². The number of carbonyl (C=O) groups excluding carboxylic acids is 1. The molecule has 2 aliphatic rings. The highest BCUT2D eigenvalue weighted by Gasteiger charge is 2.31. The lowest BCUT2D eigenvalue weighted by Gasteiger charge is -2.35. The molecule has 2 heterocycles. The highest BCUT2D eigenvalue weighted by Crippen LogP contribution is 2.38. The molecule has 33 heavy (non-hydrogen) atoms. The first-order valence-corrected chi connectivity index (χ1v) is 12.7. The van der Waals surface area contributed by atoms with Gasteiger partial charge in [-0.3, -0.25) is 9.59 Å². The Bertz CT molecular complexity index is 1240. The minimum Gasteiger partial charge on any atom is -0.360 e. The van der Waals surface area contributed by atoms with E-state index in [1.807, 2.05) is 34.7 Å². The Morgan fingerprint density at radius 1 is 1.15 bits per heavy atom. The molecule has 1 amide bonds. The van der Waals surface area contributed by atoms with Gasteiger partial charge < -0.3 is 14.0 Å². The van der Waals surface area contributed by atoms with Crippen LogP contribution in [0.3, 0.4) is 0 Å². The predicted octanol–water partition coefficient (Wildman–Crippen LogP) is 6.02. The van der Waals surface area contributed by atoms with Crippen molar-refractivity contribution in [3.8, 4) is 0 Å². The third-order valence-corrected chi connectivity index (χ3v) is 8.20.